The number of alkyl halides is 2. The number of esters is 1. The number of nitriles is 1. The van der Waals surface area contributed by atoms with Crippen molar-refractivity contribution in [1.29, 1.82) is 5.26 Å². The van der Waals surface area contributed by atoms with E-state index in [1.165, 1.54) is 0 Å². The van der Waals surface area contributed by atoms with Gasteiger partial charge in [-0.15, -0.1) is 0 Å². The molecule has 11 heteroatoms. The van der Waals surface area contributed by atoms with Gasteiger partial charge >= 0.3 is 11.7 Å². The van der Waals surface area contributed by atoms with Crippen LogP contribution in [-0.4, -0.2) is 41.8 Å². The van der Waals surface area contributed by atoms with E-state index in [2.05, 4.69) is 9.97 Å². The highest BCUT2D eigenvalue weighted by atomic mass is 32.2. The van der Waals surface area contributed by atoms with Gasteiger partial charge in [0.15, 0.2) is 11.6 Å². The lowest BCUT2D eigenvalue weighted by Gasteiger charge is -2.07. The molecular weight excluding hydrogens is 420 g/mol. The van der Waals surface area contributed by atoms with Crippen molar-refractivity contribution in [1.82, 2.24) is 9.97 Å². The van der Waals surface area contributed by atoms with Crippen LogP contribution in [0.2, 0.25) is 0 Å². The van der Waals surface area contributed by atoms with Crippen LogP contribution in [0.1, 0.15) is 16.2 Å². The van der Waals surface area contributed by atoms with Gasteiger partial charge in [-0.1, -0.05) is 12.1 Å². The quantitative estimate of drug-likeness (QED) is 0.346. The Morgan fingerprint density at radius 3 is 2.47 bits per heavy atom. The fourth-order valence-electron chi connectivity index (χ4n) is 2.50. The lowest BCUT2D eigenvalue weighted by atomic mass is 10.2. The number of fused-ring (bicyclic) bond motifs is 1. The summed E-state index contributed by atoms with van der Waals surface area (Å²) in [5.41, 5.74) is 0.864. The molecule has 0 aliphatic heterocycles. The Hall–Kier alpha value is -3.78. The van der Waals surface area contributed by atoms with E-state index in [1.54, 1.807) is 30.3 Å². The molecule has 0 radical (unpaired) electrons. The number of hydrogen-bond acceptors (Lipinski definition) is 7. The number of nitrogens with zero attached hydrogens (tertiary/aromatic N) is 2. The molecule has 0 bridgehead atoms. The minimum Gasteiger partial charge on any atom is -0.507 e. The second kappa shape index (κ2) is 8.30. The fraction of sp³-hybridized carbons (Fsp3) is 0.105. The Morgan fingerprint density at radius 1 is 1.20 bits per heavy atom. The smallest absolute Gasteiger partial charge is 0.341 e. The topological polar surface area (TPSA) is 133 Å². The van der Waals surface area contributed by atoms with E-state index < -0.39 is 38.8 Å². The van der Waals surface area contributed by atoms with Crippen LogP contribution >= 0.6 is 0 Å². The van der Waals surface area contributed by atoms with E-state index in [4.69, 9.17) is 4.74 Å². The van der Waals surface area contributed by atoms with E-state index in [-0.39, 0.29) is 17.0 Å². The molecule has 1 aromatic heterocycles. The molecule has 0 fully saturated rings. The fourth-order valence-corrected chi connectivity index (χ4v) is 3.22. The molecule has 0 saturated heterocycles. The Morgan fingerprint density at radius 2 is 1.87 bits per heavy atom. The van der Waals surface area contributed by atoms with Gasteiger partial charge in [-0.25, -0.2) is 18.2 Å². The summed E-state index contributed by atoms with van der Waals surface area (Å²) in [6.45, 7) is -0.657. The summed E-state index contributed by atoms with van der Waals surface area (Å²) in [7, 11) is -4.78. The normalized spacial score (nSPS) is 12.5. The Balaban J connectivity index is 1.75. The van der Waals surface area contributed by atoms with Gasteiger partial charge in [-0.05, 0) is 36.4 Å². The number of aliphatic hydroxyl groups is 1. The van der Waals surface area contributed by atoms with Crippen molar-refractivity contribution in [3.8, 4) is 6.07 Å². The summed E-state index contributed by atoms with van der Waals surface area (Å²) >= 11 is 0. The molecule has 8 nitrogen and oxygen atoms in total. The molecule has 1 heterocycles. The predicted molar refractivity (Wildman–Crippen MR) is 101 cm³/mol. The summed E-state index contributed by atoms with van der Waals surface area (Å²) < 4.78 is 52.8. The first-order chi connectivity index (χ1) is 14.2. The van der Waals surface area contributed by atoms with Gasteiger partial charge < -0.3 is 14.8 Å². The van der Waals surface area contributed by atoms with Crippen molar-refractivity contribution < 1.29 is 31.8 Å². The van der Waals surface area contributed by atoms with Gasteiger partial charge in [0.1, 0.15) is 18.2 Å². The number of aliphatic hydroxyl groups excluding tert-OH is 1. The third kappa shape index (κ3) is 4.13. The van der Waals surface area contributed by atoms with Gasteiger partial charge in [0, 0.05) is 0 Å². The Labute approximate surface area is 169 Å². The number of aromatic amines is 1. The molecule has 30 heavy (non-hydrogen) atoms. The molecule has 0 spiro atoms. The number of carbonyl (C=O) groups excluding carboxylic acids is 1. The van der Waals surface area contributed by atoms with E-state index in [0.717, 1.165) is 24.3 Å². The zero-order chi connectivity index (χ0) is 21.9. The SMILES string of the molecule is N#CC(=C(O)COC(=O)c1ccc(S(=O)(=O)C(F)F)cc1)c1nc2ccccc2[nH]1. The number of nitrogens with one attached hydrogen (secondary N) is 1. The van der Waals surface area contributed by atoms with Crippen LogP contribution in [0.3, 0.4) is 0 Å². The predicted octanol–water partition coefficient (Wildman–Crippen LogP) is 3.21. The minimum atomic E-state index is -4.78. The third-order valence-electron chi connectivity index (χ3n) is 4.02. The number of halogens is 2. The summed E-state index contributed by atoms with van der Waals surface area (Å²) in [6.07, 6.45) is 0. The Bertz CT molecular complexity index is 1240. The van der Waals surface area contributed by atoms with E-state index in [0.29, 0.717) is 11.0 Å². The summed E-state index contributed by atoms with van der Waals surface area (Å²) in [5.74, 6) is -5.00. The van der Waals surface area contributed by atoms with Crippen molar-refractivity contribution in [2.75, 3.05) is 6.61 Å². The van der Waals surface area contributed by atoms with Crippen LogP contribution in [0, 0.1) is 11.3 Å². The number of H-pyrrole nitrogens is 1. The second-order valence-electron chi connectivity index (χ2n) is 5.94. The lowest BCUT2D eigenvalue weighted by Crippen LogP contribution is -2.12. The van der Waals surface area contributed by atoms with Crippen LogP contribution in [0.15, 0.2) is 59.2 Å². The summed E-state index contributed by atoms with van der Waals surface area (Å²) in [5, 5.41) is 19.5. The first-order valence-corrected chi connectivity index (χ1v) is 9.85. The maximum atomic E-state index is 12.5. The standard InChI is InChI=1S/C19H13F2N3O5S/c20-19(21)30(27,28)12-7-5-11(6-8-12)18(26)29-10-16(25)13(9-22)17-23-14-3-1-2-4-15(14)24-17/h1-8,19,25H,10H2,(H,23,24). The zero-order valence-corrected chi connectivity index (χ0v) is 15.9. The zero-order valence-electron chi connectivity index (χ0n) is 15.0. The van der Waals surface area contributed by atoms with Crippen molar-refractivity contribution in [2.24, 2.45) is 0 Å². The van der Waals surface area contributed by atoms with Gasteiger partial charge in [-0.2, -0.15) is 14.0 Å². The Kier molecular flexibility index (Phi) is 5.79. The first kappa shape index (κ1) is 20.9. The van der Waals surface area contributed by atoms with Crippen molar-refractivity contribution in [3.63, 3.8) is 0 Å². The number of hydrogen-bond donors (Lipinski definition) is 2. The lowest BCUT2D eigenvalue weighted by molar-refractivity contribution is 0.0502. The molecule has 0 saturated carbocycles. The molecule has 0 amide bonds. The molecule has 3 rings (SSSR count). The molecule has 2 N–H and O–H groups in total. The third-order valence-corrected chi connectivity index (χ3v) is 5.42. The van der Waals surface area contributed by atoms with E-state index >= 15 is 0 Å². The monoisotopic (exact) mass is 433 g/mol. The number of para-hydroxylation sites is 2. The molecule has 154 valence electrons. The van der Waals surface area contributed by atoms with Crippen molar-refractivity contribution in [2.45, 2.75) is 10.7 Å². The van der Waals surface area contributed by atoms with Crippen molar-refractivity contribution >= 4 is 32.4 Å². The highest BCUT2D eigenvalue weighted by Crippen LogP contribution is 2.20. The van der Waals surface area contributed by atoms with Gasteiger partial charge in [0.2, 0.25) is 9.84 Å². The largest absolute Gasteiger partial charge is 0.507 e. The van der Waals surface area contributed by atoms with Crippen LogP contribution in [-0.2, 0) is 14.6 Å². The van der Waals surface area contributed by atoms with Gasteiger partial charge in [0.25, 0.3) is 0 Å². The summed E-state index contributed by atoms with van der Waals surface area (Å²) in [4.78, 5) is 18.5. The van der Waals surface area contributed by atoms with Gasteiger partial charge in [0.05, 0.1) is 21.5 Å². The van der Waals surface area contributed by atoms with Crippen LogP contribution < -0.4 is 0 Å². The molecule has 0 unspecified atom stereocenters. The average Bonchev–Trinajstić information content (AvgIpc) is 3.16. The maximum Gasteiger partial charge on any atom is 0.341 e. The highest BCUT2D eigenvalue weighted by Gasteiger charge is 2.26. The van der Waals surface area contributed by atoms with Crippen LogP contribution in [0.25, 0.3) is 16.6 Å². The average molecular weight is 433 g/mol. The highest BCUT2D eigenvalue weighted by molar-refractivity contribution is 7.91. The number of imidazole rings is 1. The molecule has 3 aromatic rings. The van der Waals surface area contributed by atoms with E-state index in [9.17, 15) is 32.4 Å². The molecule has 0 atom stereocenters. The van der Waals surface area contributed by atoms with Crippen LogP contribution in [0.4, 0.5) is 8.78 Å². The molecular formula is C19H13F2N3O5S. The maximum absolute atomic E-state index is 12.5. The van der Waals surface area contributed by atoms with Gasteiger partial charge in [-0.3, -0.25) is 0 Å². The first-order valence-electron chi connectivity index (χ1n) is 8.30. The minimum absolute atomic E-state index is 0.0915. The molecule has 0 aliphatic carbocycles. The number of allylic oxidation sites excluding steroid dienone is 1. The van der Waals surface area contributed by atoms with Crippen LogP contribution in [0.5, 0.6) is 0 Å². The second-order valence-corrected chi connectivity index (χ2v) is 7.86. The molecule has 0 aliphatic rings. The number of aromatic nitrogens is 2. The number of carbonyl (C=O) groups is 1. The number of benzene rings is 2. The molecule has 2 aromatic carbocycles. The number of rotatable bonds is 6. The summed E-state index contributed by atoms with van der Waals surface area (Å²) in [6, 6.07) is 12.4. The number of ether oxygens (including phenoxy) is 1. The number of sulfone groups is 1. The van der Waals surface area contributed by atoms with Crippen molar-refractivity contribution in [3.05, 3.63) is 65.7 Å². The van der Waals surface area contributed by atoms with E-state index in [1.807, 2.05) is 0 Å².